The van der Waals surface area contributed by atoms with Crippen LogP contribution in [0.5, 0.6) is 0 Å². The fraction of sp³-hybridized carbons (Fsp3) is 0.625. The molecule has 3 rings (SSSR count). The van der Waals surface area contributed by atoms with E-state index in [1.54, 1.807) is 17.0 Å². The summed E-state index contributed by atoms with van der Waals surface area (Å²) >= 11 is 1.33. The number of hydrogen-bond acceptors (Lipinski definition) is 6. The van der Waals surface area contributed by atoms with Gasteiger partial charge in [0.25, 0.3) is 5.91 Å². The number of nitrogens with zero attached hydrogens (tertiary/aromatic N) is 2. The van der Waals surface area contributed by atoms with Crippen LogP contribution in [0.15, 0.2) is 29.2 Å². The molecular weight excluding hydrogens is 428 g/mol. The zero-order chi connectivity index (χ0) is 23.1. The van der Waals surface area contributed by atoms with Gasteiger partial charge in [-0.05, 0) is 38.8 Å². The topological polar surface area (TPSA) is 76.2 Å². The first-order chi connectivity index (χ1) is 15.3. The maximum absolute atomic E-state index is 12.7. The van der Waals surface area contributed by atoms with E-state index in [4.69, 9.17) is 9.47 Å². The third-order valence-corrected chi connectivity index (χ3v) is 7.13. The van der Waals surface area contributed by atoms with Gasteiger partial charge < -0.3 is 19.3 Å². The minimum atomic E-state index is -0.552. The van der Waals surface area contributed by atoms with Crippen LogP contribution >= 0.6 is 11.8 Å². The van der Waals surface area contributed by atoms with Crippen molar-refractivity contribution in [2.45, 2.75) is 69.1 Å². The lowest BCUT2D eigenvalue weighted by Gasteiger charge is -2.35. The molecule has 0 N–H and O–H groups in total. The van der Waals surface area contributed by atoms with Gasteiger partial charge in [0, 0.05) is 31.1 Å². The number of morpholine rings is 1. The molecule has 7 nitrogen and oxygen atoms in total. The number of rotatable bonds is 7. The third-order valence-electron chi connectivity index (χ3n) is 6.07. The third kappa shape index (κ3) is 6.72. The molecule has 0 radical (unpaired) electrons. The fourth-order valence-corrected chi connectivity index (χ4v) is 5.32. The van der Waals surface area contributed by atoms with Crippen molar-refractivity contribution < 1.29 is 23.9 Å². The first-order valence-corrected chi connectivity index (χ1v) is 12.4. The lowest BCUT2D eigenvalue weighted by atomic mass is 9.94. The van der Waals surface area contributed by atoms with Crippen LogP contribution in [0.4, 0.5) is 0 Å². The van der Waals surface area contributed by atoms with Crippen molar-refractivity contribution in [1.82, 2.24) is 9.80 Å². The molecule has 1 aliphatic carbocycles. The fourth-order valence-electron chi connectivity index (χ4n) is 4.35. The Morgan fingerprint density at radius 1 is 1.09 bits per heavy atom. The zero-order valence-corrected chi connectivity index (χ0v) is 20.1. The van der Waals surface area contributed by atoms with Gasteiger partial charge in [-0.1, -0.05) is 31.4 Å². The number of ether oxygens (including phenoxy) is 2. The predicted octanol–water partition coefficient (Wildman–Crippen LogP) is 3.36. The first-order valence-electron chi connectivity index (χ1n) is 11.4. The highest BCUT2D eigenvalue weighted by Crippen LogP contribution is 2.26. The number of esters is 1. The summed E-state index contributed by atoms with van der Waals surface area (Å²) in [6, 6.07) is 7.37. The average molecular weight is 463 g/mol. The lowest BCUT2D eigenvalue weighted by molar-refractivity contribution is -0.146. The molecule has 2 fully saturated rings. The van der Waals surface area contributed by atoms with Gasteiger partial charge in [0.1, 0.15) is 0 Å². The molecule has 0 bridgehead atoms. The molecule has 1 aliphatic heterocycles. The SMILES string of the molecule is C[C@@H]1CN(C(=O)COC(=O)c2ccccc2SCC(=O)N(C)C2CCCCC2)C[C@@H](C)O1. The van der Waals surface area contributed by atoms with Crippen LogP contribution in [0.3, 0.4) is 0 Å². The monoisotopic (exact) mass is 462 g/mol. The van der Waals surface area contributed by atoms with Gasteiger partial charge in [-0.3, -0.25) is 9.59 Å². The van der Waals surface area contributed by atoms with Crippen LogP contribution in [0.25, 0.3) is 0 Å². The molecule has 1 saturated carbocycles. The van der Waals surface area contributed by atoms with Crippen LogP contribution in [-0.4, -0.2) is 78.3 Å². The van der Waals surface area contributed by atoms with E-state index in [-0.39, 0.29) is 36.4 Å². The van der Waals surface area contributed by atoms with Gasteiger partial charge in [-0.2, -0.15) is 0 Å². The van der Waals surface area contributed by atoms with Crippen molar-refractivity contribution in [3.63, 3.8) is 0 Å². The van der Waals surface area contributed by atoms with E-state index in [2.05, 4.69) is 0 Å². The summed E-state index contributed by atoms with van der Waals surface area (Å²) in [4.78, 5) is 42.1. The van der Waals surface area contributed by atoms with Crippen LogP contribution in [0, 0.1) is 0 Å². The molecule has 2 amide bonds. The molecule has 0 unspecified atom stereocenters. The van der Waals surface area contributed by atoms with E-state index < -0.39 is 5.97 Å². The quantitative estimate of drug-likeness (QED) is 0.457. The van der Waals surface area contributed by atoms with Gasteiger partial charge >= 0.3 is 5.97 Å². The molecule has 8 heteroatoms. The molecule has 0 spiro atoms. The van der Waals surface area contributed by atoms with E-state index in [0.717, 1.165) is 12.8 Å². The second-order valence-corrected chi connectivity index (χ2v) is 9.73. The molecule has 2 atom stereocenters. The van der Waals surface area contributed by atoms with E-state index in [0.29, 0.717) is 29.6 Å². The minimum absolute atomic E-state index is 0.0418. The molecule has 0 aromatic heterocycles. The molecule has 1 saturated heterocycles. The van der Waals surface area contributed by atoms with E-state index in [9.17, 15) is 14.4 Å². The Bertz CT molecular complexity index is 801. The van der Waals surface area contributed by atoms with E-state index in [1.807, 2.05) is 37.9 Å². The Labute approximate surface area is 194 Å². The van der Waals surface area contributed by atoms with Crippen molar-refractivity contribution in [3.8, 4) is 0 Å². The second kappa shape index (κ2) is 11.7. The maximum atomic E-state index is 12.7. The lowest BCUT2D eigenvalue weighted by Crippen LogP contribution is -2.49. The average Bonchev–Trinajstić information content (AvgIpc) is 2.80. The molecule has 1 aromatic carbocycles. The van der Waals surface area contributed by atoms with Gasteiger partial charge in [0.05, 0.1) is 23.5 Å². The van der Waals surface area contributed by atoms with Crippen molar-refractivity contribution in [2.75, 3.05) is 32.5 Å². The van der Waals surface area contributed by atoms with Crippen LogP contribution in [0.1, 0.15) is 56.3 Å². The van der Waals surface area contributed by atoms with Crippen LogP contribution in [-0.2, 0) is 19.1 Å². The predicted molar refractivity (Wildman–Crippen MR) is 124 cm³/mol. The smallest absolute Gasteiger partial charge is 0.339 e. The van der Waals surface area contributed by atoms with Gasteiger partial charge in [-0.15, -0.1) is 11.8 Å². The standard InChI is InChI=1S/C24H34N2O5S/c1-17-13-26(14-18(2)31-17)22(27)15-30-24(29)20-11-7-8-12-21(20)32-16-23(28)25(3)19-9-5-4-6-10-19/h7-8,11-12,17-19H,4-6,9-10,13-16H2,1-3H3/t17-,18-/m1/s1. The molecule has 1 aromatic rings. The van der Waals surface area contributed by atoms with Crippen LogP contribution < -0.4 is 0 Å². The summed E-state index contributed by atoms with van der Waals surface area (Å²) in [6.07, 6.45) is 5.62. The summed E-state index contributed by atoms with van der Waals surface area (Å²) in [5, 5.41) is 0. The Balaban J connectivity index is 1.53. The largest absolute Gasteiger partial charge is 0.452 e. The highest BCUT2D eigenvalue weighted by atomic mass is 32.2. The summed E-state index contributed by atoms with van der Waals surface area (Å²) in [5.74, 6) is -0.450. The molecule has 32 heavy (non-hydrogen) atoms. The normalized spacial score (nSPS) is 21.8. The van der Waals surface area contributed by atoms with Gasteiger partial charge in [0.15, 0.2) is 6.61 Å². The van der Waals surface area contributed by atoms with Crippen LogP contribution in [0.2, 0.25) is 0 Å². The second-order valence-electron chi connectivity index (χ2n) is 8.71. The molecule has 2 aliphatic rings. The van der Waals surface area contributed by atoms with Crippen molar-refractivity contribution in [3.05, 3.63) is 29.8 Å². The number of carbonyl (C=O) groups is 3. The van der Waals surface area contributed by atoms with Crippen molar-refractivity contribution in [1.29, 1.82) is 0 Å². The van der Waals surface area contributed by atoms with Gasteiger partial charge in [-0.25, -0.2) is 4.79 Å². The van der Waals surface area contributed by atoms with Gasteiger partial charge in [0.2, 0.25) is 5.91 Å². The zero-order valence-electron chi connectivity index (χ0n) is 19.2. The molecular formula is C24H34N2O5S. The number of amides is 2. The number of carbonyl (C=O) groups excluding carboxylic acids is 3. The van der Waals surface area contributed by atoms with E-state index in [1.165, 1.54) is 31.0 Å². The molecule has 176 valence electrons. The Morgan fingerprint density at radius 3 is 2.44 bits per heavy atom. The summed E-state index contributed by atoms with van der Waals surface area (Å²) in [6.45, 7) is 4.51. The highest BCUT2D eigenvalue weighted by molar-refractivity contribution is 8.00. The van der Waals surface area contributed by atoms with E-state index >= 15 is 0 Å². The summed E-state index contributed by atoms with van der Waals surface area (Å²) in [5.41, 5.74) is 0.377. The first kappa shape index (κ1) is 24.6. The summed E-state index contributed by atoms with van der Waals surface area (Å²) < 4.78 is 11.0. The van der Waals surface area contributed by atoms with Crippen molar-refractivity contribution in [2.24, 2.45) is 0 Å². The number of hydrogen-bond donors (Lipinski definition) is 0. The number of thioether (sulfide) groups is 1. The molecule has 1 heterocycles. The Kier molecular flexibility index (Phi) is 8.99. The Hall–Kier alpha value is -2.06. The number of benzene rings is 1. The highest BCUT2D eigenvalue weighted by Gasteiger charge is 2.27. The van der Waals surface area contributed by atoms with Crippen molar-refractivity contribution >= 4 is 29.5 Å². The minimum Gasteiger partial charge on any atom is -0.452 e. The Morgan fingerprint density at radius 2 is 1.75 bits per heavy atom. The maximum Gasteiger partial charge on any atom is 0.339 e. The summed E-state index contributed by atoms with van der Waals surface area (Å²) in [7, 11) is 1.87.